The molecule has 0 unspecified atom stereocenters. The summed E-state index contributed by atoms with van der Waals surface area (Å²) in [6, 6.07) is 2.30. The van der Waals surface area contributed by atoms with Gasteiger partial charge in [0.25, 0.3) is 5.91 Å². The summed E-state index contributed by atoms with van der Waals surface area (Å²) in [7, 11) is 0. The molecule has 0 bridgehead atoms. The zero-order valence-electron chi connectivity index (χ0n) is 9.12. The van der Waals surface area contributed by atoms with Crippen LogP contribution in [-0.2, 0) is 0 Å². The molecular weight excluding hydrogens is 208 g/mol. The van der Waals surface area contributed by atoms with Gasteiger partial charge >= 0.3 is 0 Å². The highest BCUT2D eigenvalue weighted by Gasteiger charge is 2.25. The van der Waals surface area contributed by atoms with E-state index >= 15 is 0 Å². The van der Waals surface area contributed by atoms with E-state index in [1.807, 2.05) is 23.3 Å². The topological polar surface area (TPSA) is 32.3 Å². The van der Waals surface area contributed by atoms with Gasteiger partial charge in [-0.3, -0.25) is 4.79 Å². The molecule has 0 aliphatic carbocycles. The standard InChI is InChI=1S/C11H16N2OS/c1-8-3-6-15-10(8)11(14)13-5-4-12-7-9(13)2/h3,6,9,12H,4-5,7H2,1-2H3/t9-/m0/s1. The highest BCUT2D eigenvalue weighted by atomic mass is 32.1. The number of piperazine rings is 1. The normalized spacial score (nSPS) is 21.7. The third-order valence-corrected chi connectivity index (χ3v) is 3.82. The van der Waals surface area contributed by atoms with E-state index < -0.39 is 0 Å². The van der Waals surface area contributed by atoms with Gasteiger partial charge in [0.2, 0.25) is 0 Å². The highest BCUT2D eigenvalue weighted by molar-refractivity contribution is 7.12. The molecule has 0 saturated carbocycles. The Morgan fingerprint density at radius 2 is 2.47 bits per heavy atom. The molecule has 0 radical (unpaired) electrons. The molecule has 1 saturated heterocycles. The number of rotatable bonds is 1. The molecule has 1 N–H and O–H groups in total. The van der Waals surface area contributed by atoms with Crippen molar-refractivity contribution in [3.05, 3.63) is 21.9 Å². The second-order valence-electron chi connectivity index (χ2n) is 3.98. The van der Waals surface area contributed by atoms with Crippen molar-refractivity contribution in [1.82, 2.24) is 10.2 Å². The van der Waals surface area contributed by atoms with Gasteiger partial charge < -0.3 is 10.2 Å². The van der Waals surface area contributed by atoms with E-state index in [9.17, 15) is 4.79 Å². The first-order valence-corrected chi connectivity index (χ1v) is 6.14. The summed E-state index contributed by atoms with van der Waals surface area (Å²) in [5.41, 5.74) is 1.09. The first kappa shape index (κ1) is 10.6. The van der Waals surface area contributed by atoms with Crippen LogP contribution in [0.2, 0.25) is 0 Å². The van der Waals surface area contributed by atoms with Gasteiger partial charge in [-0.05, 0) is 30.9 Å². The van der Waals surface area contributed by atoms with Gasteiger partial charge in [-0.15, -0.1) is 11.3 Å². The fraction of sp³-hybridized carbons (Fsp3) is 0.545. The molecule has 1 aliphatic rings. The number of carbonyl (C=O) groups is 1. The lowest BCUT2D eigenvalue weighted by Crippen LogP contribution is -2.52. The summed E-state index contributed by atoms with van der Waals surface area (Å²) in [6.45, 7) is 6.71. The second kappa shape index (κ2) is 4.33. The third-order valence-electron chi connectivity index (χ3n) is 2.82. The van der Waals surface area contributed by atoms with E-state index in [1.165, 1.54) is 0 Å². The van der Waals surface area contributed by atoms with Crippen molar-refractivity contribution in [2.45, 2.75) is 19.9 Å². The van der Waals surface area contributed by atoms with Crippen molar-refractivity contribution in [2.75, 3.05) is 19.6 Å². The Bertz CT molecular complexity index is 361. The summed E-state index contributed by atoms with van der Waals surface area (Å²) < 4.78 is 0. The van der Waals surface area contributed by atoms with E-state index in [0.717, 1.165) is 30.1 Å². The van der Waals surface area contributed by atoms with Crippen molar-refractivity contribution in [3.63, 3.8) is 0 Å². The number of aryl methyl sites for hydroxylation is 1. The summed E-state index contributed by atoms with van der Waals surface area (Å²) in [6.07, 6.45) is 0. The molecule has 3 nitrogen and oxygen atoms in total. The fourth-order valence-electron chi connectivity index (χ4n) is 1.87. The third kappa shape index (κ3) is 2.06. The van der Waals surface area contributed by atoms with E-state index in [4.69, 9.17) is 0 Å². The molecule has 2 rings (SSSR count). The molecule has 82 valence electrons. The molecule has 2 heterocycles. The van der Waals surface area contributed by atoms with Crippen LogP contribution in [0, 0.1) is 6.92 Å². The van der Waals surface area contributed by atoms with E-state index in [-0.39, 0.29) is 5.91 Å². The van der Waals surface area contributed by atoms with Crippen LogP contribution in [0.15, 0.2) is 11.4 Å². The predicted molar refractivity (Wildman–Crippen MR) is 62.4 cm³/mol. The maximum Gasteiger partial charge on any atom is 0.264 e. The lowest BCUT2D eigenvalue weighted by atomic mass is 10.2. The second-order valence-corrected chi connectivity index (χ2v) is 4.90. The average Bonchev–Trinajstić information content (AvgIpc) is 2.64. The van der Waals surface area contributed by atoms with Crippen LogP contribution in [0.25, 0.3) is 0 Å². The first-order valence-electron chi connectivity index (χ1n) is 5.26. The van der Waals surface area contributed by atoms with Crippen LogP contribution in [0.1, 0.15) is 22.2 Å². The van der Waals surface area contributed by atoms with Gasteiger partial charge in [-0.1, -0.05) is 0 Å². The van der Waals surface area contributed by atoms with Crippen molar-refractivity contribution in [3.8, 4) is 0 Å². The van der Waals surface area contributed by atoms with Crippen molar-refractivity contribution < 1.29 is 4.79 Å². The van der Waals surface area contributed by atoms with Gasteiger partial charge in [0, 0.05) is 25.7 Å². The molecule has 1 amide bonds. The Balaban J connectivity index is 2.17. The van der Waals surface area contributed by atoms with E-state index in [0.29, 0.717) is 6.04 Å². The average molecular weight is 224 g/mol. The van der Waals surface area contributed by atoms with Gasteiger partial charge in [-0.25, -0.2) is 0 Å². The van der Waals surface area contributed by atoms with Crippen LogP contribution in [0.4, 0.5) is 0 Å². The highest BCUT2D eigenvalue weighted by Crippen LogP contribution is 2.19. The Hall–Kier alpha value is -0.870. The van der Waals surface area contributed by atoms with Crippen LogP contribution < -0.4 is 5.32 Å². The number of carbonyl (C=O) groups excluding carboxylic acids is 1. The number of nitrogens with one attached hydrogen (secondary N) is 1. The summed E-state index contributed by atoms with van der Waals surface area (Å²) in [5.74, 6) is 0.191. The molecule has 1 atom stereocenters. The fourth-order valence-corrected chi connectivity index (χ4v) is 2.75. The Labute approximate surface area is 94.1 Å². The number of nitrogens with zero attached hydrogens (tertiary/aromatic N) is 1. The summed E-state index contributed by atoms with van der Waals surface area (Å²) in [4.78, 5) is 15.1. The molecule has 1 fully saturated rings. The summed E-state index contributed by atoms with van der Waals surface area (Å²) >= 11 is 1.54. The molecule has 1 aromatic rings. The van der Waals surface area contributed by atoms with E-state index in [2.05, 4.69) is 12.2 Å². The van der Waals surface area contributed by atoms with Crippen LogP contribution in [0.5, 0.6) is 0 Å². The minimum atomic E-state index is 0.191. The quantitative estimate of drug-likeness (QED) is 0.784. The molecule has 0 spiro atoms. The molecule has 4 heteroatoms. The van der Waals surface area contributed by atoms with Crippen molar-refractivity contribution in [1.29, 1.82) is 0 Å². The number of amides is 1. The van der Waals surface area contributed by atoms with Crippen LogP contribution >= 0.6 is 11.3 Å². The number of hydrogen-bond acceptors (Lipinski definition) is 3. The Morgan fingerprint density at radius 3 is 3.07 bits per heavy atom. The lowest BCUT2D eigenvalue weighted by Gasteiger charge is -2.33. The maximum absolute atomic E-state index is 12.2. The SMILES string of the molecule is Cc1ccsc1C(=O)N1CCNC[C@@H]1C. The zero-order valence-corrected chi connectivity index (χ0v) is 9.93. The molecular formula is C11H16N2OS. The van der Waals surface area contributed by atoms with Gasteiger partial charge in [0.15, 0.2) is 0 Å². The zero-order chi connectivity index (χ0) is 10.8. The van der Waals surface area contributed by atoms with Gasteiger partial charge in [0.05, 0.1) is 4.88 Å². The molecule has 1 aromatic heterocycles. The lowest BCUT2D eigenvalue weighted by molar-refractivity contribution is 0.0660. The van der Waals surface area contributed by atoms with Crippen LogP contribution in [0.3, 0.4) is 0 Å². The first-order chi connectivity index (χ1) is 7.20. The maximum atomic E-state index is 12.2. The predicted octanol–water partition coefficient (Wildman–Crippen LogP) is 1.49. The van der Waals surface area contributed by atoms with Gasteiger partial charge in [0.1, 0.15) is 0 Å². The molecule has 0 aromatic carbocycles. The van der Waals surface area contributed by atoms with Crippen LogP contribution in [-0.4, -0.2) is 36.5 Å². The summed E-state index contributed by atoms with van der Waals surface area (Å²) in [5, 5.41) is 5.27. The Morgan fingerprint density at radius 1 is 1.67 bits per heavy atom. The molecule has 1 aliphatic heterocycles. The van der Waals surface area contributed by atoms with Crippen molar-refractivity contribution in [2.24, 2.45) is 0 Å². The minimum absolute atomic E-state index is 0.191. The number of hydrogen-bond donors (Lipinski definition) is 1. The smallest absolute Gasteiger partial charge is 0.264 e. The Kier molecular flexibility index (Phi) is 3.07. The monoisotopic (exact) mass is 224 g/mol. The minimum Gasteiger partial charge on any atom is -0.333 e. The number of thiophene rings is 1. The van der Waals surface area contributed by atoms with Gasteiger partial charge in [-0.2, -0.15) is 0 Å². The largest absolute Gasteiger partial charge is 0.333 e. The van der Waals surface area contributed by atoms with Crippen molar-refractivity contribution >= 4 is 17.2 Å². The van der Waals surface area contributed by atoms with E-state index in [1.54, 1.807) is 11.3 Å². The molecule has 15 heavy (non-hydrogen) atoms.